The number of nitrogens with zero attached hydrogens (tertiary/aromatic N) is 1. The highest BCUT2D eigenvalue weighted by Crippen LogP contribution is 2.35. The molecule has 9 heteroatoms. The summed E-state index contributed by atoms with van der Waals surface area (Å²) in [6, 6.07) is 5.60. The van der Waals surface area contributed by atoms with E-state index in [1.807, 2.05) is 25.1 Å². The number of rotatable bonds is 9. The van der Waals surface area contributed by atoms with Gasteiger partial charge < -0.3 is 20.5 Å². The van der Waals surface area contributed by atoms with Gasteiger partial charge in [-0.15, -0.1) is 36.2 Å². The van der Waals surface area contributed by atoms with Crippen LogP contribution >= 0.6 is 36.2 Å². The standard InChI is InChI=1S/C19H27N3O3S.2ClH/c1-5-6-7-14(11-20)22-18(23)17-12(2)21-19(26-17)13-8-9-15(24-3)16(10-13)25-4;;/h8-10,14H,5-7,11,20H2,1-4H3,(H,22,23);2*1H. The number of aromatic nitrogens is 1. The quantitative estimate of drug-likeness (QED) is 0.597. The van der Waals surface area contributed by atoms with Crippen LogP contribution in [0.2, 0.25) is 0 Å². The summed E-state index contributed by atoms with van der Waals surface area (Å²) >= 11 is 1.37. The van der Waals surface area contributed by atoms with Gasteiger partial charge in [0.2, 0.25) is 0 Å². The van der Waals surface area contributed by atoms with E-state index in [2.05, 4.69) is 17.2 Å². The molecule has 0 saturated heterocycles. The maximum Gasteiger partial charge on any atom is 0.263 e. The molecule has 28 heavy (non-hydrogen) atoms. The average Bonchev–Trinajstić information content (AvgIpc) is 3.06. The molecule has 1 atom stereocenters. The number of hydrogen-bond acceptors (Lipinski definition) is 6. The second-order valence-corrected chi connectivity index (χ2v) is 7.05. The lowest BCUT2D eigenvalue weighted by molar-refractivity contribution is 0.0939. The van der Waals surface area contributed by atoms with Crippen LogP contribution in [0.25, 0.3) is 10.6 Å². The number of thiazole rings is 1. The monoisotopic (exact) mass is 449 g/mol. The Labute approximate surface area is 183 Å². The van der Waals surface area contributed by atoms with Gasteiger partial charge in [-0.3, -0.25) is 4.79 Å². The predicted octanol–water partition coefficient (Wildman–Crippen LogP) is 4.23. The third kappa shape index (κ3) is 6.51. The van der Waals surface area contributed by atoms with Gasteiger partial charge in [-0.2, -0.15) is 0 Å². The van der Waals surface area contributed by atoms with E-state index in [4.69, 9.17) is 15.2 Å². The van der Waals surface area contributed by atoms with Crippen LogP contribution in [0.3, 0.4) is 0 Å². The summed E-state index contributed by atoms with van der Waals surface area (Å²) in [6.07, 6.45) is 3.01. The first kappa shape index (κ1) is 26.5. The van der Waals surface area contributed by atoms with E-state index in [9.17, 15) is 4.79 Å². The summed E-state index contributed by atoms with van der Waals surface area (Å²) in [5, 5.41) is 3.80. The highest BCUT2D eigenvalue weighted by atomic mass is 35.5. The lowest BCUT2D eigenvalue weighted by Crippen LogP contribution is -2.40. The van der Waals surface area contributed by atoms with Crippen LogP contribution in [0.5, 0.6) is 11.5 Å². The van der Waals surface area contributed by atoms with Crippen molar-refractivity contribution in [2.75, 3.05) is 20.8 Å². The summed E-state index contributed by atoms with van der Waals surface area (Å²) in [5.41, 5.74) is 7.38. The maximum absolute atomic E-state index is 12.6. The third-order valence-electron chi connectivity index (χ3n) is 4.16. The summed E-state index contributed by atoms with van der Waals surface area (Å²) in [4.78, 5) is 17.8. The highest BCUT2D eigenvalue weighted by molar-refractivity contribution is 7.17. The van der Waals surface area contributed by atoms with E-state index < -0.39 is 0 Å². The van der Waals surface area contributed by atoms with Gasteiger partial charge in [-0.1, -0.05) is 19.8 Å². The molecule has 2 rings (SSSR count). The number of nitrogens with two attached hydrogens (primary N) is 1. The van der Waals surface area contributed by atoms with Crippen molar-refractivity contribution in [3.8, 4) is 22.1 Å². The number of ether oxygens (including phenoxy) is 2. The van der Waals surface area contributed by atoms with Crippen molar-refractivity contribution < 1.29 is 14.3 Å². The molecule has 0 fully saturated rings. The van der Waals surface area contributed by atoms with Crippen molar-refractivity contribution in [3.05, 3.63) is 28.8 Å². The Hall–Kier alpha value is -1.54. The molecule has 2 aromatic rings. The molecule has 0 aliphatic carbocycles. The molecular weight excluding hydrogens is 421 g/mol. The van der Waals surface area contributed by atoms with Crippen molar-refractivity contribution in [1.82, 2.24) is 10.3 Å². The smallest absolute Gasteiger partial charge is 0.263 e. The fourth-order valence-corrected chi connectivity index (χ4v) is 3.62. The average molecular weight is 450 g/mol. The molecule has 0 aliphatic heterocycles. The Bertz CT molecular complexity index is 756. The molecule has 158 valence electrons. The van der Waals surface area contributed by atoms with Gasteiger partial charge in [0, 0.05) is 18.2 Å². The van der Waals surface area contributed by atoms with E-state index in [-0.39, 0.29) is 36.8 Å². The first-order valence-corrected chi connectivity index (χ1v) is 9.56. The molecule has 1 aromatic carbocycles. The first-order valence-electron chi connectivity index (χ1n) is 8.74. The third-order valence-corrected chi connectivity index (χ3v) is 5.36. The molecule has 6 nitrogen and oxygen atoms in total. The van der Waals surface area contributed by atoms with Gasteiger partial charge in [0.1, 0.15) is 9.88 Å². The first-order chi connectivity index (χ1) is 12.5. The minimum atomic E-state index is -0.113. The van der Waals surface area contributed by atoms with Crippen molar-refractivity contribution >= 4 is 42.1 Å². The summed E-state index contributed by atoms with van der Waals surface area (Å²) in [7, 11) is 3.19. The number of carbonyl (C=O) groups excluding carboxylic acids is 1. The Morgan fingerprint density at radius 3 is 2.50 bits per heavy atom. The van der Waals surface area contributed by atoms with Gasteiger partial charge in [-0.25, -0.2) is 4.98 Å². The summed E-state index contributed by atoms with van der Waals surface area (Å²) < 4.78 is 10.6. The topological polar surface area (TPSA) is 86.5 Å². The van der Waals surface area contributed by atoms with Gasteiger partial charge in [0.25, 0.3) is 5.91 Å². The second-order valence-electron chi connectivity index (χ2n) is 6.05. The number of carbonyl (C=O) groups is 1. The second kappa shape index (κ2) is 12.8. The van der Waals surface area contributed by atoms with E-state index in [1.54, 1.807) is 14.2 Å². The summed E-state index contributed by atoms with van der Waals surface area (Å²) in [5.74, 6) is 1.18. The number of amides is 1. The van der Waals surface area contributed by atoms with Crippen molar-refractivity contribution in [2.45, 2.75) is 39.2 Å². The van der Waals surface area contributed by atoms with E-state index >= 15 is 0 Å². The number of aryl methyl sites for hydroxylation is 1. The fourth-order valence-electron chi connectivity index (χ4n) is 2.65. The van der Waals surface area contributed by atoms with Crippen molar-refractivity contribution in [1.29, 1.82) is 0 Å². The number of methoxy groups -OCH3 is 2. The number of hydrogen-bond donors (Lipinski definition) is 2. The molecule has 1 aromatic heterocycles. The summed E-state index contributed by atoms with van der Waals surface area (Å²) in [6.45, 7) is 4.41. The molecule has 0 spiro atoms. The molecule has 0 bridgehead atoms. The van der Waals surface area contributed by atoms with Crippen LogP contribution in [0.4, 0.5) is 0 Å². The molecule has 1 heterocycles. The van der Waals surface area contributed by atoms with Crippen molar-refractivity contribution in [3.63, 3.8) is 0 Å². The van der Waals surface area contributed by atoms with Crippen LogP contribution in [-0.2, 0) is 0 Å². The lowest BCUT2D eigenvalue weighted by atomic mass is 10.1. The van der Waals surface area contributed by atoms with Crippen LogP contribution in [0, 0.1) is 6.92 Å². The molecule has 0 saturated carbocycles. The molecule has 1 amide bonds. The van der Waals surface area contributed by atoms with Gasteiger partial charge >= 0.3 is 0 Å². The minimum absolute atomic E-state index is 0. The van der Waals surface area contributed by atoms with Crippen LogP contribution < -0.4 is 20.5 Å². The zero-order valence-electron chi connectivity index (χ0n) is 16.6. The van der Waals surface area contributed by atoms with Gasteiger partial charge in [0.05, 0.1) is 19.9 Å². The number of benzene rings is 1. The molecule has 0 aliphatic rings. The largest absolute Gasteiger partial charge is 0.493 e. The fraction of sp³-hybridized carbons (Fsp3) is 0.474. The molecule has 1 unspecified atom stereocenters. The maximum atomic E-state index is 12.6. The molecular formula is C19H29Cl2N3O3S. The molecule has 3 N–H and O–H groups in total. The Morgan fingerprint density at radius 2 is 1.93 bits per heavy atom. The van der Waals surface area contributed by atoms with Gasteiger partial charge in [-0.05, 0) is 31.5 Å². The SMILES string of the molecule is CCCCC(CN)NC(=O)c1sc(-c2ccc(OC)c(OC)c2)nc1C.Cl.Cl. The Balaban J connectivity index is 0.00000364. The lowest BCUT2D eigenvalue weighted by Gasteiger charge is -2.15. The zero-order valence-corrected chi connectivity index (χ0v) is 19.1. The Morgan fingerprint density at radius 1 is 1.25 bits per heavy atom. The normalized spacial score (nSPS) is 11.0. The number of nitrogens with one attached hydrogen (secondary N) is 1. The predicted molar refractivity (Wildman–Crippen MR) is 120 cm³/mol. The molecule has 0 radical (unpaired) electrons. The van der Waals surface area contributed by atoms with Crippen LogP contribution in [0.15, 0.2) is 18.2 Å². The zero-order chi connectivity index (χ0) is 19.1. The van der Waals surface area contributed by atoms with Crippen LogP contribution in [-0.4, -0.2) is 37.7 Å². The van der Waals surface area contributed by atoms with Gasteiger partial charge in [0.15, 0.2) is 11.5 Å². The Kier molecular flexibility index (Phi) is 12.1. The van der Waals surface area contributed by atoms with Crippen LogP contribution in [0.1, 0.15) is 41.6 Å². The number of halogens is 2. The highest BCUT2D eigenvalue weighted by Gasteiger charge is 2.19. The minimum Gasteiger partial charge on any atom is -0.493 e. The van der Waals surface area contributed by atoms with E-state index in [0.29, 0.717) is 28.6 Å². The van der Waals surface area contributed by atoms with E-state index in [0.717, 1.165) is 29.8 Å². The van der Waals surface area contributed by atoms with E-state index in [1.165, 1.54) is 11.3 Å². The van der Waals surface area contributed by atoms with Crippen molar-refractivity contribution in [2.24, 2.45) is 5.73 Å². The number of unbranched alkanes of at least 4 members (excludes halogenated alkanes) is 1.